The molecular weight excluding hydrogens is 658 g/mol. The van der Waals surface area contributed by atoms with Gasteiger partial charge in [-0.3, -0.25) is 13.9 Å². The highest BCUT2D eigenvalue weighted by molar-refractivity contribution is 7.92. The van der Waals surface area contributed by atoms with E-state index in [9.17, 15) is 18.0 Å². The maximum Gasteiger partial charge on any atom is 0.264 e. The first-order valence-corrected chi connectivity index (χ1v) is 18.7. The minimum absolute atomic E-state index is 0.00971. The highest BCUT2D eigenvalue weighted by Crippen LogP contribution is 2.28. The van der Waals surface area contributed by atoms with Gasteiger partial charge in [-0.2, -0.15) is 0 Å². The van der Waals surface area contributed by atoms with E-state index < -0.39 is 28.5 Å². The SMILES string of the molecule is CCOc1ccc(N(CC(=O)N(Cc2ccccc2Cl)[C@@H](Cc2ccccc2)C(=O)NC2CCCCC2)S(=O)(=O)c2ccc(C)cc2)cc1. The topological polar surface area (TPSA) is 96.0 Å². The third kappa shape index (κ3) is 9.43. The zero-order valence-corrected chi connectivity index (χ0v) is 29.6. The molecule has 1 fully saturated rings. The van der Waals surface area contributed by atoms with Gasteiger partial charge in [-0.05, 0) is 80.3 Å². The number of carbonyl (C=O) groups excluding carboxylic acids is 2. The lowest BCUT2D eigenvalue weighted by Gasteiger charge is -2.35. The van der Waals surface area contributed by atoms with Gasteiger partial charge in [0.2, 0.25) is 11.8 Å². The molecule has 1 atom stereocenters. The number of amides is 2. The third-order valence-corrected chi connectivity index (χ3v) is 11.0. The Morgan fingerprint density at radius 1 is 0.878 bits per heavy atom. The molecule has 2 amide bonds. The van der Waals surface area contributed by atoms with Crippen molar-refractivity contribution in [2.45, 2.75) is 75.9 Å². The summed E-state index contributed by atoms with van der Waals surface area (Å²) in [6.45, 7) is 3.66. The van der Waals surface area contributed by atoms with Gasteiger partial charge in [0, 0.05) is 24.0 Å². The number of benzene rings is 4. The summed E-state index contributed by atoms with van der Waals surface area (Å²) in [5.41, 5.74) is 2.72. The highest BCUT2D eigenvalue weighted by Gasteiger charge is 2.35. The van der Waals surface area contributed by atoms with E-state index in [-0.39, 0.29) is 29.8 Å². The monoisotopic (exact) mass is 701 g/mol. The van der Waals surface area contributed by atoms with Crippen molar-refractivity contribution in [2.75, 3.05) is 17.5 Å². The molecule has 258 valence electrons. The normalized spacial score (nSPS) is 14.1. The van der Waals surface area contributed by atoms with Crippen molar-refractivity contribution < 1.29 is 22.7 Å². The predicted octanol–water partition coefficient (Wildman–Crippen LogP) is 7.33. The van der Waals surface area contributed by atoms with E-state index in [1.807, 2.05) is 56.3 Å². The molecule has 0 unspecified atom stereocenters. The van der Waals surface area contributed by atoms with Crippen LogP contribution in [0.3, 0.4) is 0 Å². The van der Waals surface area contributed by atoms with Crippen LogP contribution in [-0.4, -0.2) is 50.4 Å². The first-order valence-electron chi connectivity index (χ1n) is 16.8. The Morgan fingerprint density at radius 2 is 1.53 bits per heavy atom. The van der Waals surface area contributed by atoms with Crippen LogP contribution in [0, 0.1) is 6.92 Å². The lowest BCUT2D eigenvalue weighted by Crippen LogP contribution is -2.55. The van der Waals surface area contributed by atoms with Crippen LogP contribution >= 0.6 is 11.6 Å². The van der Waals surface area contributed by atoms with Crippen LogP contribution in [0.5, 0.6) is 5.75 Å². The number of nitrogens with zero attached hydrogens (tertiary/aromatic N) is 2. The summed E-state index contributed by atoms with van der Waals surface area (Å²) < 4.78 is 35.3. The van der Waals surface area contributed by atoms with E-state index in [2.05, 4.69) is 5.32 Å². The van der Waals surface area contributed by atoms with E-state index >= 15 is 0 Å². The molecule has 0 aliphatic heterocycles. The van der Waals surface area contributed by atoms with Crippen molar-refractivity contribution in [3.63, 3.8) is 0 Å². The fourth-order valence-corrected chi connectivity index (χ4v) is 7.76. The molecule has 0 aromatic heterocycles. The molecule has 5 rings (SSSR count). The van der Waals surface area contributed by atoms with Crippen LogP contribution in [-0.2, 0) is 32.6 Å². The van der Waals surface area contributed by atoms with Crippen molar-refractivity contribution in [2.24, 2.45) is 0 Å². The fraction of sp³-hybridized carbons (Fsp3) is 0.333. The average Bonchev–Trinajstić information content (AvgIpc) is 3.11. The third-order valence-electron chi connectivity index (χ3n) is 8.84. The highest BCUT2D eigenvalue weighted by atomic mass is 35.5. The maximum atomic E-state index is 14.7. The Labute approximate surface area is 295 Å². The molecule has 0 heterocycles. The zero-order valence-electron chi connectivity index (χ0n) is 28.1. The van der Waals surface area contributed by atoms with Crippen molar-refractivity contribution in [3.05, 3.63) is 125 Å². The van der Waals surface area contributed by atoms with Gasteiger partial charge in [0.25, 0.3) is 10.0 Å². The number of carbonyl (C=O) groups is 2. The standard InChI is InChI=1S/C39H44ClN3O5S/c1-3-48-34-22-20-33(21-23-34)43(49(46,47)35-24-18-29(2)19-25-35)28-38(44)42(27-31-14-10-11-17-36(31)40)37(26-30-12-6-4-7-13-30)39(45)41-32-15-8-5-9-16-32/h4,6-7,10-14,17-25,32,37H,3,5,8-9,15-16,26-28H2,1-2H3,(H,41,45)/t37-/m0/s1. The first kappa shape index (κ1) is 36.0. The first-order chi connectivity index (χ1) is 23.7. The fourth-order valence-electron chi connectivity index (χ4n) is 6.15. The van der Waals surface area contributed by atoms with E-state index in [1.165, 1.54) is 17.0 Å². The molecular formula is C39H44ClN3O5S. The second kappa shape index (κ2) is 16.9. The Hall–Kier alpha value is -4.34. The molecule has 8 nitrogen and oxygen atoms in total. The van der Waals surface area contributed by atoms with Gasteiger partial charge in [-0.15, -0.1) is 0 Å². The van der Waals surface area contributed by atoms with Gasteiger partial charge in [0.1, 0.15) is 18.3 Å². The second-order valence-electron chi connectivity index (χ2n) is 12.4. The van der Waals surface area contributed by atoms with Gasteiger partial charge >= 0.3 is 0 Å². The average molecular weight is 702 g/mol. The summed E-state index contributed by atoms with van der Waals surface area (Å²) in [5.74, 6) is -0.234. The van der Waals surface area contributed by atoms with Crippen molar-refractivity contribution >= 4 is 39.1 Å². The van der Waals surface area contributed by atoms with Gasteiger partial charge in [-0.1, -0.05) is 97.1 Å². The molecule has 1 saturated carbocycles. The molecule has 0 spiro atoms. The Kier molecular flexibility index (Phi) is 12.4. The van der Waals surface area contributed by atoms with Crippen LogP contribution in [0.15, 0.2) is 108 Å². The quantitative estimate of drug-likeness (QED) is 0.149. The Balaban J connectivity index is 1.57. The molecule has 4 aromatic rings. The lowest BCUT2D eigenvalue weighted by atomic mass is 9.94. The van der Waals surface area contributed by atoms with Crippen LogP contribution in [0.4, 0.5) is 5.69 Å². The number of nitrogens with one attached hydrogen (secondary N) is 1. The molecule has 0 saturated heterocycles. The Morgan fingerprint density at radius 3 is 2.18 bits per heavy atom. The number of halogens is 1. The van der Waals surface area contributed by atoms with E-state index in [1.54, 1.807) is 48.5 Å². The summed E-state index contributed by atoms with van der Waals surface area (Å²) in [6, 6.07) is 28.9. The van der Waals surface area contributed by atoms with Crippen LogP contribution < -0.4 is 14.4 Å². The molecule has 1 aliphatic carbocycles. The Bertz CT molecular complexity index is 1790. The predicted molar refractivity (Wildman–Crippen MR) is 194 cm³/mol. The number of anilines is 1. The minimum atomic E-state index is -4.21. The molecule has 1 aliphatic rings. The van der Waals surface area contributed by atoms with E-state index in [0.29, 0.717) is 28.6 Å². The van der Waals surface area contributed by atoms with E-state index in [0.717, 1.165) is 47.5 Å². The van der Waals surface area contributed by atoms with E-state index in [4.69, 9.17) is 16.3 Å². The molecule has 4 aromatic carbocycles. The van der Waals surface area contributed by atoms with Gasteiger partial charge in [0.05, 0.1) is 17.2 Å². The molecule has 10 heteroatoms. The van der Waals surface area contributed by atoms with Crippen LogP contribution in [0.2, 0.25) is 5.02 Å². The van der Waals surface area contributed by atoms with Crippen molar-refractivity contribution in [1.29, 1.82) is 0 Å². The van der Waals surface area contributed by atoms with Crippen molar-refractivity contribution in [3.8, 4) is 5.75 Å². The van der Waals surface area contributed by atoms with Gasteiger partial charge in [0.15, 0.2) is 0 Å². The summed E-state index contributed by atoms with van der Waals surface area (Å²) in [7, 11) is -4.21. The molecule has 0 bridgehead atoms. The van der Waals surface area contributed by atoms with Gasteiger partial charge < -0.3 is 15.0 Å². The number of hydrogen-bond acceptors (Lipinski definition) is 5. The number of aryl methyl sites for hydroxylation is 1. The molecule has 0 radical (unpaired) electrons. The minimum Gasteiger partial charge on any atom is -0.494 e. The van der Waals surface area contributed by atoms with Crippen LogP contribution in [0.25, 0.3) is 0 Å². The molecule has 49 heavy (non-hydrogen) atoms. The smallest absolute Gasteiger partial charge is 0.264 e. The molecule has 1 N–H and O–H groups in total. The van der Waals surface area contributed by atoms with Crippen molar-refractivity contribution in [1.82, 2.24) is 10.2 Å². The lowest BCUT2D eigenvalue weighted by molar-refractivity contribution is -0.140. The van der Waals surface area contributed by atoms with Gasteiger partial charge in [-0.25, -0.2) is 8.42 Å². The summed E-state index contributed by atoms with van der Waals surface area (Å²) in [6.07, 6.45) is 5.19. The van der Waals surface area contributed by atoms with Crippen LogP contribution in [0.1, 0.15) is 55.7 Å². The maximum absolute atomic E-state index is 14.7. The number of hydrogen-bond donors (Lipinski definition) is 1. The number of sulfonamides is 1. The summed E-state index contributed by atoms with van der Waals surface area (Å²) in [5, 5.41) is 3.67. The largest absolute Gasteiger partial charge is 0.494 e. The summed E-state index contributed by atoms with van der Waals surface area (Å²) in [4.78, 5) is 30.5. The zero-order chi connectivity index (χ0) is 34.8. The second-order valence-corrected chi connectivity index (χ2v) is 14.7. The summed E-state index contributed by atoms with van der Waals surface area (Å²) >= 11 is 6.62. The number of ether oxygens (including phenoxy) is 1. The number of rotatable bonds is 14.